The number of benzene rings is 3. The third-order valence-corrected chi connectivity index (χ3v) is 5.53. The first-order valence-corrected chi connectivity index (χ1v) is 10.7. The number of nitrogens with one attached hydrogen (secondary N) is 3. The van der Waals surface area contributed by atoms with E-state index in [9.17, 15) is 19.7 Å². The molecule has 0 aliphatic heterocycles. The molecule has 0 aliphatic carbocycles. The van der Waals surface area contributed by atoms with Gasteiger partial charge in [0, 0.05) is 35.1 Å². The Morgan fingerprint density at radius 1 is 0.882 bits per heavy atom. The third kappa shape index (κ3) is 4.80. The minimum absolute atomic E-state index is 0.0135. The summed E-state index contributed by atoms with van der Waals surface area (Å²) in [5.41, 5.74) is 2.70. The van der Waals surface area contributed by atoms with Crippen molar-refractivity contribution in [3.8, 4) is 0 Å². The van der Waals surface area contributed by atoms with Gasteiger partial charge in [-0.3, -0.25) is 19.7 Å². The Labute approximate surface area is 196 Å². The van der Waals surface area contributed by atoms with Crippen molar-refractivity contribution < 1.29 is 14.5 Å². The zero-order valence-electron chi connectivity index (χ0n) is 19.0. The number of amides is 2. The number of hydrogen-bond donors (Lipinski definition) is 3. The number of fused-ring (bicyclic) bond motifs is 1. The first-order chi connectivity index (χ1) is 16.1. The van der Waals surface area contributed by atoms with Gasteiger partial charge >= 0.3 is 0 Å². The number of carbonyl (C=O) groups excluding carboxylic acids is 2. The van der Waals surface area contributed by atoms with E-state index in [-0.39, 0.29) is 22.4 Å². The second kappa shape index (κ2) is 8.82. The number of aromatic nitrogens is 1. The molecule has 0 atom stereocenters. The standard InChI is InChI=1S/C26H24N4O4/c1-26(2,3)18-7-4-17(5-8-18)24(31)29-22-11-10-20(30(33)34)15-21(22)25(32)28-19-9-6-16-12-13-27-23(16)14-19/h4-15,27H,1-3H3,(H,28,32)(H,29,31). The molecule has 34 heavy (non-hydrogen) atoms. The Bertz CT molecular complexity index is 1400. The Kier molecular flexibility index (Phi) is 5.89. The molecule has 0 saturated carbocycles. The Balaban J connectivity index is 1.61. The van der Waals surface area contributed by atoms with Gasteiger partial charge in [0.15, 0.2) is 0 Å². The van der Waals surface area contributed by atoms with Crippen LogP contribution < -0.4 is 10.6 Å². The average Bonchev–Trinajstić information content (AvgIpc) is 3.26. The quantitative estimate of drug-likeness (QED) is 0.257. The van der Waals surface area contributed by atoms with Crippen LogP contribution in [0.4, 0.5) is 17.1 Å². The molecule has 3 aromatic carbocycles. The van der Waals surface area contributed by atoms with E-state index in [1.807, 2.05) is 24.3 Å². The SMILES string of the molecule is CC(C)(C)c1ccc(C(=O)Nc2ccc([N+](=O)[O-])cc2C(=O)Nc2ccc3cc[nH]c3c2)cc1. The van der Waals surface area contributed by atoms with Crippen LogP contribution in [0.5, 0.6) is 0 Å². The van der Waals surface area contributed by atoms with Crippen LogP contribution in [0, 0.1) is 10.1 Å². The number of nitro benzene ring substituents is 1. The molecule has 0 fully saturated rings. The van der Waals surface area contributed by atoms with Crippen LogP contribution in [0.25, 0.3) is 10.9 Å². The fourth-order valence-electron chi connectivity index (χ4n) is 3.58. The van der Waals surface area contributed by atoms with Crippen LogP contribution in [0.1, 0.15) is 47.1 Å². The lowest BCUT2D eigenvalue weighted by atomic mass is 9.86. The molecule has 4 rings (SSSR count). The molecule has 2 amide bonds. The summed E-state index contributed by atoms with van der Waals surface area (Å²) in [6, 6.07) is 18.2. The molecule has 0 saturated heterocycles. The molecule has 3 N–H and O–H groups in total. The molecule has 0 radical (unpaired) electrons. The number of carbonyl (C=O) groups is 2. The highest BCUT2D eigenvalue weighted by Crippen LogP contribution is 2.26. The van der Waals surface area contributed by atoms with Gasteiger partial charge in [-0.05, 0) is 52.8 Å². The van der Waals surface area contributed by atoms with E-state index in [1.54, 1.807) is 30.5 Å². The normalized spacial score (nSPS) is 11.3. The summed E-state index contributed by atoms with van der Waals surface area (Å²) in [6.07, 6.45) is 1.79. The van der Waals surface area contributed by atoms with Gasteiger partial charge in [0.1, 0.15) is 0 Å². The van der Waals surface area contributed by atoms with E-state index in [0.717, 1.165) is 22.5 Å². The molecule has 0 unspecified atom stereocenters. The molecule has 1 aromatic heterocycles. The van der Waals surface area contributed by atoms with E-state index in [2.05, 4.69) is 36.4 Å². The largest absolute Gasteiger partial charge is 0.361 e. The number of anilines is 2. The number of aromatic amines is 1. The van der Waals surface area contributed by atoms with Crippen LogP contribution in [-0.4, -0.2) is 21.7 Å². The lowest BCUT2D eigenvalue weighted by Crippen LogP contribution is -2.19. The van der Waals surface area contributed by atoms with Gasteiger partial charge in [-0.2, -0.15) is 0 Å². The highest BCUT2D eigenvalue weighted by molar-refractivity contribution is 6.13. The summed E-state index contributed by atoms with van der Waals surface area (Å²) >= 11 is 0. The first-order valence-electron chi connectivity index (χ1n) is 10.7. The fraction of sp³-hybridized carbons (Fsp3) is 0.154. The van der Waals surface area contributed by atoms with Crippen molar-refractivity contribution in [2.45, 2.75) is 26.2 Å². The van der Waals surface area contributed by atoms with Crippen molar-refractivity contribution in [3.05, 3.63) is 99.7 Å². The summed E-state index contributed by atoms with van der Waals surface area (Å²) in [7, 11) is 0. The summed E-state index contributed by atoms with van der Waals surface area (Å²) in [6.45, 7) is 6.24. The summed E-state index contributed by atoms with van der Waals surface area (Å²) in [5.74, 6) is -0.996. The van der Waals surface area contributed by atoms with E-state index < -0.39 is 16.7 Å². The van der Waals surface area contributed by atoms with Gasteiger partial charge in [-0.1, -0.05) is 39.0 Å². The van der Waals surface area contributed by atoms with Crippen LogP contribution in [0.3, 0.4) is 0 Å². The van der Waals surface area contributed by atoms with Gasteiger partial charge in [0.25, 0.3) is 17.5 Å². The predicted molar refractivity (Wildman–Crippen MR) is 132 cm³/mol. The van der Waals surface area contributed by atoms with Gasteiger partial charge < -0.3 is 15.6 Å². The summed E-state index contributed by atoms with van der Waals surface area (Å²) in [5, 5.41) is 17.8. The molecule has 0 spiro atoms. The monoisotopic (exact) mass is 456 g/mol. The van der Waals surface area contributed by atoms with Crippen molar-refractivity contribution in [3.63, 3.8) is 0 Å². The van der Waals surface area contributed by atoms with Gasteiger partial charge in [0.05, 0.1) is 16.2 Å². The second-order valence-corrected chi connectivity index (χ2v) is 9.00. The maximum Gasteiger partial charge on any atom is 0.270 e. The topological polar surface area (TPSA) is 117 Å². The van der Waals surface area contributed by atoms with Crippen molar-refractivity contribution in [1.82, 2.24) is 4.98 Å². The highest BCUT2D eigenvalue weighted by Gasteiger charge is 2.20. The molecule has 8 heteroatoms. The number of rotatable bonds is 5. The Morgan fingerprint density at radius 2 is 1.62 bits per heavy atom. The second-order valence-electron chi connectivity index (χ2n) is 9.00. The van der Waals surface area contributed by atoms with Gasteiger partial charge in [0.2, 0.25) is 0 Å². The number of non-ortho nitro benzene ring substituents is 1. The number of hydrogen-bond acceptors (Lipinski definition) is 4. The van der Waals surface area contributed by atoms with Gasteiger partial charge in [-0.15, -0.1) is 0 Å². The van der Waals surface area contributed by atoms with Crippen LogP contribution in [0.2, 0.25) is 0 Å². The third-order valence-electron chi connectivity index (χ3n) is 5.53. The summed E-state index contributed by atoms with van der Waals surface area (Å²) in [4.78, 5) is 39.7. The number of H-pyrrole nitrogens is 1. The highest BCUT2D eigenvalue weighted by atomic mass is 16.6. The molecule has 0 bridgehead atoms. The molecule has 8 nitrogen and oxygen atoms in total. The van der Waals surface area contributed by atoms with E-state index in [1.165, 1.54) is 12.1 Å². The number of nitro groups is 1. The van der Waals surface area contributed by atoms with Crippen molar-refractivity contribution >= 4 is 39.8 Å². The van der Waals surface area contributed by atoms with E-state index in [0.29, 0.717) is 11.3 Å². The maximum absolute atomic E-state index is 13.1. The molecule has 1 heterocycles. The lowest BCUT2D eigenvalue weighted by Gasteiger charge is -2.19. The van der Waals surface area contributed by atoms with Gasteiger partial charge in [-0.25, -0.2) is 0 Å². The maximum atomic E-state index is 13.1. The smallest absolute Gasteiger partial charge is 0.270 e. The van der Waals surface area contributed by atoms with E-state index in [4.69, 9.17) is 0 Å². The zero-order valence-corrected chi connectivity index (χ0v) is 19.0. The minimum Gasteiger partial charge on any atom is -0.361 e. The number of nitrogens with zero attached hydrogens (tertiary/aromatic N) is 1. The van der Waals surface area contributed by atoms with Crippen molar-refractivity contribution in [2.75, 3.05) is 10.6 Å². The zero-order chi connectivity index (χ0) is 24.5. The van der Waals surface area contributed by atoms with Crippen LogP contribution in [-0.2, 0) is 5.41 Å². The van der Waals surface area contributed by atoms with Crippen LogP contribution in [0.15, 0.2) is 72.9 Å². The van der Waals surface area contributed by atoms with Crippen molar-refractivity contribution in [2.24, 2.45) is 0 Å². The lowest BCUT2D eigenvalue weighted by molar-refractivity contribution is -0.384. The van der Waals surface area contributed by atoms with Crippen molar-refractivity contribution in [1.29, 1.82) is 0 Å². The molecular weight excluding hydrogens is 432 g/mol. The van der Waals surface area contributed by atoms with Crippen LogP contribution >= 0.6 is 0 Å². The summed E-state index contributed by atoms with van der Waals surface area (Å²) < 4.78 is 0. The predicted octanol–water partition coefficient (Wildman–Crippen LogP) is 5.88. The molecule has 0 aliphatic rings. The first kappa shape index (κ1) is 22.7. The molecular formula is C26H24N4O4. The Morgan fingerprint density at radius 3 is 2.29 bits per heavy atom. The average molecular weight is 457 g/mol. The molecule has 172 valence electrons. The minimum atomic E-state index is -0.585. The van der Waals surface area contributed by atoms with E-state index >= 15 is 0 Å². The Hall–Kier alpha value is -4.46. The fourth-order valence-corrected chi connectivity index (χ4v) is 3.58. The molecule has 4 aromatic rings.